The number of amidine groups is 2. The van der Waals surface area contributed by atoms with Gasteiger partial charge in [-0.25, -0.2) is 0 Å². The van der Waals surface area contributed by atoms with E-state index in [-0.39, 0.29) is 11.8 Å². The molecular formula is C50H44N4. The quantitative estimate of drug-likeness (QED) is 0.187. The highest BCUT2D eigenvalue weighted by atomic mass is 15.0. The number of aliphatic imine (C=N–C) groups is 2. The van der Waals surface area contributed by atoms with Crippen LogP contribution in [0.25, 0.3) is 22.3 Å². The molecule has 0 fully saturated rings. The predicted molar refractivity (Wildman–Crippen MR) is 226 cm³/mol. The van der Waals surface area contributed by atoms with Gasteiger partial charge < -0.3 is 10.6 Å². The molecule has 2 aliphatic carbocycles. The Labute approximate surface area is 318 Å². The maximum Gasteiger partial charge on any atom is 0.132 e. The molecule has 0 radical (unpaired) electrons. The summed E-state index contributed by atoms with van der Waals surface area (Å²) in [5.74, 6) is 2.07. The summed E-state index contributed by atoms with van der Waals surface area (Å²) in [6, 6.07) is 42.2. The van der Waals surface area contributed by atoms with Crippen LogP contribution in [0.15, 0.2) is 161 Å². The van der Waals surface area contributed by atoms with E-state index in [4.69, 9.17) is 9.98 Å². The van der Waals surface area contributed by atoms with Crippen molar-refractivity contribution < 1.29 is 0 Å². The van der Waals surface area contributed by atoms with Crippen molar-refractivity contribution in [1.82, 2.24) is 10.6 Å². The van der Waals surface area contributed by atoms with Crippen molar-refractivity contribution in [2.24, 2.45) is 21.8 Å². The Morgan fingerprint density at radius 3 is 1.52 bits per heavy atom. The summed E-state index contributed by atoms with van der Waals surface area (Å²) >= 11 is 0. The molecule has 0 saturated heterocycles. The first-order chi connectivity index (χ1) is 26.4. The lowest BCUT2D eigenvalue weighted by Crippen LogP contribution is -2.42. The van der Waals surface area contributed by atoms with Gasteiger partial charge in [-0.05, 0) is 88.7 Å². The molecular weight excluding hydrogens is 657 g/mol. The molecule has 2 heterocycles. The van der Waals surface area contributed by atoms with E-state index in [0.29, 0.717) is 13.1 Å². The molecule has 264 valence electrons. The second kappa shape index (κ2) is 13.9. The zero-order chi connectivity index (χ0) is 36.8. The zero-order valence-electron chi connectivity index (χ0n) is 31.3. The van der Waals surface area contributed by atoms with E-state index in [1.165, 1.54) is 77.2 Å². The summed E-state index contributed by atoms with van der Waals surface area (Å²) in [7, 11) is 0. The third-order valence-electron chi connectivity index (χ3n) is 11.0. The van der Waals surface area contributed by atoms with E-state index in [1.807, 2.05) is 0 Å². The van der Waals surface area contributed by atoms with Crippen LogP contribution < -0.4 is 21.1 Å². The molecule has 4 nitrogen and oxygen atoms in total. The van der Waals surface area contributed by atoms with Gasteiger partial charge in [0.25, 0.3) is 0 Å². The van der Waals surface area contributed by atoms with E-state index in [0.717, 1.165) is 22.8 Å². The maximum atomic E-state index is 5.10. The minimum atomic E-state index is 0.115. The molecule has 2 N–H and O–H groups in total. The average Bonchev–Trinajstić information content (AvgIpc) is 3.19. The summed E-state index contributed by atoms with van der Waals surface area (Å²) in [4.78, 5) is 10.2. The lowest BCUT2D eigenvalue weighted by Gasteiger charge is -2.35. The van der Waals surface area contributed by atoms with Gasteiger partial charge in [-0.15, -0.1) is 0 Å². The van der Waals surface area contributed by atoms with Gasteiger partial charge in [0.2, 0.25) is 0 Å². The van der Waals surface area contributed by atoms with Crippen LogP contribution >= 0.6 is 0 Å². The zero-order valence-corrected chi connectivity index (χ0v) is 31.3. The highest BCUT2D eigenvalue weighted by Gasteiger charge is 2.34. The van der Waals surface area contributed by atoms with Crippen molar-refractivity contribution >= 4 is 34.0 Å². The Balaban J connectivity index is 1.14. The number of rotatable bonds is 6. The Hall–Kier alpha value is -6.26. The van der Waals surface area contributed by atoms with Crippen LogP contribution in [0.5, 0.6) is 0 Å². The largest absolute Gasteiger partial charge is 0.346 e. The second-order valence-electron chi connectivity index (χ2n) is 15.1. The van der Waals surface area contributed by atoms with Gasteiger partial charge in [0.05, 0.1) is 13.1 Å². The van der Waals surface area contributed by atoms with Crippen molar-refractivity contribution in [1.29, 1.82) is 0 Å². The van der Waals surface area contributed by atoms with Crippen LogP contribution in [0.4, 0.5) is 0 Å². The fourth-order valence-electron chi connectivity index (χ4n) is 8.66. The topological polar surface area (TPSA) is 48.8 Å². The maximum absolute atomic E-state index is 5.10. The summed E-state index contributed by atoms with van der Waals surface area (Å²) in [5.41, 5.74) is 17.3. The monoisotopic (exact) mass is 700 g/mol. The summed E-state index contributed by atoms with van der Waals surface area (Å²) < 4.78 is 0. The van der Waals surface area contributed by atoms with Crippen LogP contribution in [0.1, 0.15) is 50.1 Å². The SMILES string of the molecule is Cc1cc(C)cc(C2=CNC(C3=CC4C(c5ccccc5)=c5ccc(C6=NCC(c7cc(C)cc(C)c7)=CN6)cc5=C(c5ccccc5)C4C=C3)=NC2)c1. The lowest BCUT2D eigenvalue weighted by molar-refractivity contribution is 0.683. The Kier molecular flexibility index (Phi) is 8.67. The highest BCUT2D eigenvalue weighted by molar-refractivity contribution is 6.05. The third kappa shape index (κ3) is 6.39. The molecule has 0 saturated carbocycles. The van der Waals surface area contributed by atoms with Gasteiger partial charge in [-0.2, -0.15) is 0 Å². The molecule has 9 rings (SSSR count). The molecule has 5 aromatic carbocycles. The molecule has 54 heavy (non-hydrogen) atoms. The highest BCUT2D eigenvalue weighted by Crippen LogP contribution is 2.41. The minimum Gasteiger partial charge on any atom is -0.346 e. The molecule has 4 heteroatoms. The van der Waals surface area contributed by atoms with Crippen molar-refractivity contribution in [3.8, 4) is 0 Å². The first kappa shape index (κ1) is 33.6. The van der Waals surface area contributed by atoms with E-state index in [9.17, 15) is 0 Å². The molecule has 0 aromatic heterocycles. The van der Waals surface area contributed by atoms with Gasteiger partial charge in [-0.1, -0.05) is 150 Å². The fraction of sp³-hybridized carbons (Fsp3) is 0.160. The fourth-order valence-corrected chi connectivity index (χ4v) is 8.66. The number of fused-ring (bicyclic) bond motifs is 2. The molecule has 4 aliphatic rings. The number of benzene rings is 5. The third-order valence-corrected chi connectivity index (χ3v) is 11.0. The molecule has 0 amide bonds. The van der Waals surface area contributed by atoms with Gasteiger partial charge >= 0.3 is 0 Å². The number of hydrogen-bond donors (Lipinski definition) is 2. The lowest BCUT2D eigenvalue weighted by atomic mass is 9.69. The van der Waals surface area contributed by atoms with Crippen molar-refractivity contribution in [2.75, 3.05) is 13.1 Å². The van der Waals surface area contributed by atoms with Crippen LogP contribution in [-0.2, 0) is 0 Å². The number of aryl methyl sites for hydroxylation is 4. The summed E-state index contributed by atoms with van der Waals surface area (Å²) in [5, 5.41) is 9.66. The predicted octanol–water partition coefficient (Wildman–Crippen LogP) is 8.49. The van der Waals surface area contributed by atoms with E-state index in [1.54, 1.807) is 0 Å². The summed E-state index contributed by atoms with van der Waals surface area (Å²) in [6.07, 6.45) is 11.4. The van der Waals surface area contributed by atoms with Crippen LogP contribution in [0.3, 0.4) is 0 Å². The molecule has 0 spiro atoms. The molecule has 2 atom stereocenters. The first-order valence-corrected chi connectivity index (χ1v) is 19.0. The van der Waals surface area contributed by atoms with E-state index < -0.39 is 0 Å². The standard InChI is InChI=1S/C50H44N4/c1-31-19-32(2)22-39(21-31)41-27-51-49(52-28-41)37-15-17-43-45(25-37)47(35-11-7-5-8-12-35)44-18-16-38(26-46(44)48(43)36-13-9-6-10-14-36)50-53-29-42(30-54-50)40-23-33(3)20-34(4)24-40/h5-27,29,43,45H,28,30H2,1-4H3,(H,51,52)(H,53,54). The van der Waals surface area contributed by atoms with Crippen molar-refractivity contribution in [3.05, 3.63) is 212 Å². The number of nitrogens with one attached hydrogen (secondary N) is 2. The molecule has 2 aliphatic heterocycles. The van der Waals surface area contributed by atoms with Gasteiger partial charge in [-0.3, -0.25) is 9.98 Å². The number of hydrogen-bond acceptors (Lipinski definition) is 4. The van der Waals surface area contributed by atoms with E-state index >= 15 is 0 Å². The smallest absolute Gasteiger partial charge is 0.132 e. The van der Waals surface area contributed by atoms with Gasteiger partial charge in [0, 0.05) is 35.4 Å². The minimum absolute atomic E-state index is 0.115. The van der Waals surface area contributed by atoms with Crippen molar-refractivity contribution in [2.45, 2.75) is 27.7 Å². The Morgan fingerprint density at radius 2 is 1.00 bits per heavy atom. The van der Waals surface area contributed by atoms with E-state index in [2.05, 4.69) is 184 Å². The number of nitrogens with zero attached hydrogens (tertiary/aromatic N) is 2. The van der Waals surface area contributed by atoms with Gasteiger partial charge in [0.15, 0.2) is 0 Å². The first-order valence-electron chi connectivity index (χ1n) is 19.0. The van der Waals surface area contributed by atoms with Crippen LogP contribution in [-0.4, -0.2) is 24.8 Å². The Bertz CT molecular complexity index is 2590. The summed E-state index contributed by atoms with van der Waals surface area (Å²) in [6.45, 7) is 9.90. The Morgan fingerprint density at radius 1 is 0.481 bits per heavy atom. The molecule has 2 unspecified atom stereocenters. The second-order valence-corrected chi connectivity index (χ2v) is 15.1. The normalized spacial score (nSPS) is 18.9. The average molecular weight is 701 g/mol. The molecule has 0 bridgehead atoms. The van der Waals surface area contributed by atoms with Crippen LogP contribution in [0.2, 0.25) is 0 Å². The molecule has 5 aromatic rings. The van der Waals surface area contributed by atoms with Gasteiger partial charge in [0.1, 0.15) is 11.7 Å². The van der Waals surface area contributed by atoms with Crippen molar-refractivity contribution in [3.63, 3.8) is 0 Å². The number of allylic oxidation sites excluding steroid dienone is 2. The van der Waals surface area contributed by atoms with Crippen LogP contribution in [0, 0.1) is 39.5 Å².